The van der Waals surface area contributed by atoms with Gasteiger partial charge in [0.1, 0.15) is 22.8 Å². The second kappa shape index (κ2) is 13.2. The molecule has 3 aromatic carbocycles. The predicted octanol–water partition coefficient (Wildman–Crippen LogP) is 7.60. The van der Waals surface area contributed by atoms with Crippen LogP contribution in [0.25, 0.3) is 5.57 Å². The molecule has 1 N–H and O–H groups in total. The largest absolute Gasteiger partial charge is 0.478 e. The van der Waals surface area contributed by atoms with Gasteiger partial charge in [-0.25, -0.2) is 4.79 Å². The van der Waals surface area contributed by atoms with Crippen molar-refractivity contribution in [2.45, 2.75) is 33.1 Å². The summed E-state index contributed by atoms with van der Waals surface area (Å²) in [7, 11) is 1.55. The molecule has 0 aromatic heterocycles. The molecule has 0 bridgehead atoms. The van der Waals surface area contributed by atoms with E-state index < -0.39 is 5.97 Å². The fourth-order valence-electron chi connectivity index (χ4n) is 5.75. The van der Waals surface area contributed by atoms with E-state index in [9.17, 15) is 9.90 Å². The van der Waals surface area contributed by atoms with Crippen molar-refractivity contribution < 1.29 is 24.1 Å². The van der Waals surface area contributed by atoms with E-state index in [0.717, 1.165) is 56.3 Å². The first-order chi connectivity index (χ1) is 20.2. The minimum Gasteiger partial charge on any atom is -0.478 e. The number of aromatic carboxylic acids is 1. The van der Waals surface area contributed by atoms with Gasteiger partial charge >= 0.3 is 5.97 Å². The summed E-state index contributed by atoms with van der Waals surface area (Å²) in [5.74, 6) is 0.338. The predicted molar refractivity (Wildman–Crippen MR) is 167 cm³/mol. The van der Waals surface area contributed by atoms with Crippen molar-refractivity contribution >= 4 is 28.8 Å². The summed E-state index contributed by atoms with van der Waals surface area (Å²) >= 11 is 6.18. The van der Waals surface area contributed by atoms with Gasteiger partial charge in [-0.05, 0) is 72.2 Å². The average molecular weight is 591 g/mol. The summed E-state index contributed by atoms with van der Waals surface area (Å²) in [6.07, 6.45) is 3.38. The first kappa shape index (κ1) is 30.0. The number of halogens is 1. The molecule has 1 fully saturated rings. The molecule has 1 heterocycles. The molecule has 1 saturated heterocycles. The molecular formula is C34H39ClN2O5. The van der Waals surface area contributed by atoms with E-state index in [1.54, 1.807) is 37.4 Å². The maximum absolute atomic E-state index is 12.0. The first-order valence-corrected chi connectivity index (χ1v) is 14.8. The van der Waals surface area contributed by atoms with Crippen molar-refractivity contribution in [3.63, 3.8) is 0 Å². The number of benzene rings is 3. The molecule has 0 unspecified atom stereocenters. The van der Waals surface area contributed by atoms with Gasteiger partial charge in [0.25, 0.3) is 0 Å². The van der Waals surface area contributed by atoms with Gasteiger partial charge in [0, 0.05) is 62.7 Å². The molecule has 1 aliphatic heterocycles. The molecule has 1 aliphatic carbocycles. The van der Waals surface area contributed by atoms with Gasteiger partial charge in [-0.15, -0.1) is 0 Å². The molecule has 3 aromatic rings. The van der Waals surface area contributed by atoms with Crippen molar-refractivity contribution in [2.75, 3.05) is 51.5 Å². The van der Waals surface area contributed by atoms with Crippen LogP contribution in [-0.2, 0) is 4.74 Å². The van der Waals surface area contributed by atoms with Crippen LogP contribution in [0, 0.1) is 5.41 Å². The minimum absolute atomic E-state index is 0.113. The third-order valence-corrected chi connectivity index (χ3v) is 8.35. The number of methoxy groups -OCH3 is 1. The quantitative estimate of drug-likeness (QED) is 0.244. The standard InChI is InChI=1S/C34H39ClN2O5/c1-34(2)14-13-25(31(21-34)24-7-9-26(35)10-8-24)22-36-15-17-37(18-16-36)27-11-12-30(33(38)39)32(19-27)42-29-6-4-5-28(20-29)41-23-40-3/h4-12,19-20H,13-18,21-23H2,1-3H3,(H,38,39). The van der Waals surface area contributed by atoms with Gasteiger partial charge in [-0.2, -0.15) is 0 Å². The first-order valence-electron chi connectivity index (χ1n) is 14.4. The molecule has 0 radical (unpaired) electrons. The lowest BCUT2D eigenvalue weighted by atomic mass is 9.72. The molecule has 0 saturated carbocycles. The molecule has 7 nitrogen and oxygen atoms in total. The molecule has 42 heavy (non-hydrogen) atoms. The third-order valence-electron chi connectivity index (χ3n) is 8.10. The smallest absolute Gasteiger partial charge is 0.339 e. The number of nitrogens with zero attached hydrogens (tertiary/aromatic N) is 2. The van der Waals surface area contributed by atoms with Crippen molar-refractivity contribution in [3.8, 4) is 17.2 Å². The summed E-state index contributed by atoms with van der Waals surface area (Å²) in [5.41, 5.74) is 5.63. The Kier molecular flexibility index (Phi) is 9.41. The lowest BCUT2D eigenvalue weighted by Crippen LogP contribution is -2.47. The van der Waals surface area contributed by atoms with E-state index in [2.05, 4.69) is 35.8 Å². The summed E-state index contributed by atoms with van der Waals surface area (Å²) in [5, 5.41) is 10.6. The number of anilines is 1. The molecule has 0 amide bonds. The molecule has 5 rings (SSSR count). The fraction of sp³-hybridized carbons (Fsp3) is 0.382. The van der Waals surface area contributed by atoms with E-state index in [-0.39, 0.29) is 17.8 Å². The van der Waals surface area contributed by atoms with Crippen LogP contribution >= 0.6 is 11.6 Å². The van der Waals surface area contributed by atoms with Crippen molar-refractivity contribution in [1.82, 2.24) is 4.90 Å². The second-order valence-electron chi connectivity index (χ2n) is 11.8. The number of carboxylic acid groups (broad SMARTS) is 1. The van der Waals surface area contributed by atoms with Crippen LogP contribution in [0.5, 0.6) is 17.2 Å². The third kappa shape index (κ3) is 7.46. The van der Waals surface area contributed by atoms with E-state index >= 15 is 0 Å². The van der Waals surface area contributed by atoms with Crippen LogP contribution < -0.4 is 14.4 Å². The van der Waals surface area contributed by atoms with E-state index in [1.807, 2.05) is 24.3 Å². The topological polar surface area (TPSA) is 71.5 Å². The zero-order valence-electron chi connectivity index (χ0n) is 24.6. The van der Waals surface area contributed by atoms with Gasteiger partial charge < -0.3 is 24.2 Å². The number of carboxylic acids is 1. The van der Waals surface area contributed by atoms with Crippen molar-refractivity contribution in [1.29, 1.82) is 0 Å². The van der Waals surface area contributed by atoms with Gasteiger partial charge in [-0.1, -0.05) is 49.2 Å². The second-order valence-corrected chi connectivity index (χ2v) is 12.2. The Balaban J connectivity index is 1.28. The Morgan fingerprint density at radius 1 is 0.976 bits per heavy atom. The van der Waals surface area contributed by atoms with Crippen LogP contribution in [0.4, 0.5) is 5.69 Å². The van der Waals surface area contributed by atoms with Crippen LogP contribution in [0.2, 0.25) is 5.02 Å². The fourth-order valence-corrected chi connectivity index (χ4v) is 5.87. The van der Waals surface area contributed by atoms with Gasteiger partial charge in [0.05, 0.1) is 0 Å². The lowest BCUT2D eigenvalue weighted by Gasteiger charge is -2.39. The Hall–Kier alpha value is -3.52. The SMILES string of the molecule is COCOc1cccc(Oc2cc(N3CCN(CC4=C(c5ccc(Cl)cc5)CC(C)(C)CC4)CC3)ccc2C(=O)O)c1. The normalized spacial score (nSPS) is 17.3. The number of allylic oxidation sites excluding steroid dienone is 1. The Morgan fingerprint density at radius 2 is 1.71 bits per heavy atom. The number of carbonyl (C=O) groups is 1. The van der Waals surface area contributed by atoms with E-state index in [4.69, 9.17) is 25.8 Å². The molecule has 8 heteroatoms. The minimum atomic E-state index is -1.03. The molecule has 2 aliphatic rings. The molecule has 0 atom stereocenters. The molecule has 222 valence electrons. The van der Waals surface area contributed by atoms with E-state index in [0.29, 0.717) is 17.2 Å². The monoisotopic (exact) mass is 590 g/mol. The van der Waals surface area contributed by atoms with Crippen molar-refractivity contribution in [2.24, 2.45) is 5.41 Å². The molecule has 0 spiro atoms. The Bertz CT molecular complexity index is 1430. The van der Waals surface area contributed by atoms with Gasteiger partial charge in [0.15, 0.2) is 6.79 Å². The highest BCUT2D eigenvalue weighted by Gasteiger charge is 2.29. The van der Waals surface area contributed by atoms with Gasteiger partial charge in [-0.3, -0.25) is 4.90 Å². The maximum atomic E-state index is 12.0. The number of hydrogen-bond donors (Lipinski definition) is 1. The average Bonchev–Trinajstić information content (AvgIpc) is 2.98. The van der Waals surface area contributed by atoms with Crippen molar-refractivity contribution in [3.05, 3.63) is 88.5 Å². The summed E-state index contributed by atoms with van der Waals surface area (Å²) < 4.78 is 16.5. The zero-order valence-corrected chi connectivity index (χ0v) is 25.3. The number of hydrogen-bond acceptors (Lipinski definition) is 6. The van der Waals surface area contributed by atoms with Crippen LogP contribution in [0.3, 0.4) is 0 Å². The highest BCUT2D eigenvalue weighted by Crippen LogP contribution is 2.43. The summed E-state index contributed by atoms with van der Waals surface area (Å²) in [6.45, 7) is 9.35. The maximum Gasteiger partial charge on any atom is 0.339 e. The summed E-state index contributed by atoms with van der Waals surface area (Å²) in [6, 6.07) is 20.7. The highest BCUT2D eigenvalue weighted by molar-refractivity contribution is 6.30. The van der Waals surface area contributed by atoms with Crippen LogP contribution in [0.15, 0.2) is 72.3 Å². The zero-order chi connectivity index (χ0) is 29.7. The molecular weight excluding hydrogens is 552 g/mol. The number of ether oxygens (including phenoxy) is 3. The van der Waals surface area contributed by atoms with E-state index in [1.165, 1.54) is 23.1 Å². The highest BCUT2D eigenvalue weighted by atomic mass is 35.5. The number of rotatable bonds is 10. The Labute approximate surface area is 253 Å². The Morgan fingerprint density at radius 3 is 2.43 bits per heavy atom. The summed E-state index contributed by atoms with van der Waals surface area (Å²) in [4.78, 5) is 16.8. The van der Waals surface area contributed by atoms with Crippen LogP contribution in [-0.4, -0.2) is 62.6 Å². The lowest BCUT2D eigenvalue weighted by molar-refractivity contribution is 0.0510. The van der Waals surface area contributed by atoms with Crippen LogP contribution in [0.1, 0.15) is 49.0 Å². The number of piperazine rings is 1. The van der Waals surface area contributed by atoms with Gasteiger partial charge in [0.2, 0.25) is 0 Å².